The van der Waals surface area contributed by atoms with Crippen LogP contribution in [0, 0.1) is 71.0 Å². The minimum absolute atomic E-state index is 0.219. The molecule has 0 N–H and O–H groups in total. The summed E-state index contributed by atoms with van der Waals surface area (Å²) in [5.74, 6) is 6.59. The number of hydrogen-bond donors (Lipinski definition) is 0. The van der Waals surface area contributed by atoms with Gasteiger partial charge >= 0.3 is 23.9 Å². The quantitative estimate of drug-likeness (QED) is 0.0407. The van der Waals surface area contributed by atoms with Gasteiger partial charge in [0.2, 0.25) is 0 Å². The van der Waals surface area contributed by atoms with Gasteiger partial charge in [-0.15, -0.1) is 0 Å². The summed E-state index contributed by atoms with van der Waals surface area (Å²) < 4.78 is 31.6. The van der Waals surface area contributed by atoms with Gasteiger partial charge < -0.3 is 28.6 Å². The summed E-state index contributed by atoms with van der Waals surface area (Å²) in [5, 5.41) is 0. The third kappa shape index (κ3) is 17.2. The van der Waals surface area contributed by atoms with Crippen LogP contribution in [0.5, 0.6) is 0 Å². The molecule has 0 heterocycles. The molecule has 68 heavy (non-hydrogen) atoms. The average molecular weight is 954 g/mol. The number of rotatable bonds is 29. The Morgan fingerprint density at radius 2 is 0.794 bits per heavy atom. The van der Waals surface area contributed by atoms with Crippen molar-refractivity contribution in [2.24, 2.45) is 71.0 Å². The van der Waals surface area contributed by atoms with Gasteiger partial charge in [-0.05, 0) is 175 Å². The van der Waals surface area contributed by atoms with Crippen LogP contribution < -0.4 is 0 Å². The predicted octanol–water partition coefficient (Wildman–Crippen LogP) is 12.7. The van der Waals surface area contributed by atoms with Crippen LogP contribution in [0.2, 0.25) is 0 Å². The molecule has 0 aromatic heterocycles. The van der Waals surface area contributed by atoms with Crippen LogP contribution in [0.4, 0.5) is 0 Å². The Kier molecular flexibility index (Phi) is 23.3. The van der Waals surface area contributed by atoms with Crippen LogP contribution in [0.3, 0.4) is 0 Å². The minimum atomic E-state index is -1.06. The first-order valence-corrected chi connectivity index (χ1v) is 28.9. The van der Waals surface area contributed by atoms with Crippen LogP contribution in [0.15, 0.2) is 0 Å². The molecule has 0 aromatic rings. The zero-order chi connectivity index (χ0) is 48.4. The van der Waals surface area contributed by atoms with Gasteiger partial charge in [0.05, 0.1) is 0 Å². The summed E-state index contributed by atoms with van der Waals surface area (Å²) >= 11 is 0. The molecule has 6 rings (SSSR count). The molecule has 6 saturated carbocycles. The number of carbonyl (C=O) groups excluding carboxylic acids is 4. The first-order chi connectivity index (χ1) is 32.9. The van der Waals surface area contributed by atoms with Gasteiger partial charge in [0, 0.05) is 32.3 Å². The molecule has 10 unspecified atom stereocenters. The Balaban J connectivity index is 1.17. The smallest absolute Gasteiger partial charge is 0.306 e. The summed E-state index contributed by atoms with van der Waals surface area (Å²) in [6, 6.07) is 0. The third-order valence-electron chi connectivity index (χ3n) is 18.9. The molecule has 10 heteroatoms. The second kappa shape index (κ2) is 28.7. The van der Waals surface area contributed by atoms with Crippen LogP contribution in [0.25, 0.3) is 0 Å². The minimum Gasteiger partial charge on any atom is -0.462 e. The standard InChI is InChI=1S/C58H99NO9/c1-7-44-30-40(31-45(44)8-2)22-26-56(62)67-52(38-65-54(60)24-20-42-34-48-16-11-12-17-49(48)35-42)58(64-29-15-28-59(5)6)53(68-57(63)27-23-41-32-46(9-3)47(10-4)33-41)39-66-55(61)25-21-43-36-50-18-13-14-19-51(50)37-43/h40-53,58H,7-39H2,1-6H3. The molecule has 6 aliphatic carbocycles. The molecule has 10 nitrogen and oxygen atoms in total. The van der Waals surface area contributed by atoms with E-state index in [-0.39, 0.29) is 49.9 Å². The summed E-state index contributed by atoms with van der Waals surface area (Å²) in [6.07, 6.45) is 26.3. The first-order valence-electron chi connectivity index (χ1n) is 28.9. The Hall–Kier alpha value is -2.20. The van der Waals surface area contributed by atoms with Gasteiger partial charge in [-0.1, -0.05) is 105 Å². The zero-order valence-electron chi connectivity index (χ0n) is 44.1. The second-order valence-corrected chi connectivity index (χ2v) is 23.7. The maximum Gasteiger partial charge on any atom is 0.306 e. The lowest BCUT2D eigenvalue weighted by Gasteiger charge is -2.33. The molecule has 10 atom stereocenters. The van der Waals surface area contributed by atoms with E-state index >= 15 is 0 Å². The zero-order valence-corrected chi connectivity index (χ0v) is 44.1. The number of fused-ring (bicyclic) bond motifs is 2. The van der Waals surface area contributed by atoms with E-state index in [1.54, 1.807) is 0 Å². The van der Waals surface area contributed by atoms with Crippen molar-refractivity contribution >= 4 is 23.9 Å². The Morgan fingerprint density at radius 1 is 0.471 bits per heavy atom. The van der Waals surface area contributed by atoms with E-state index in [1.807, 2.05) is 14.1 Å². The van der Waals surface area contributed by atoms with Crippen LogP contribution in [0.1, 0.15) is 214 Å². The van der Waals surface area contributed by atoms with Gasteiger partial charge in [0.15, 0.2) is 12.2 Å². The fourth-order valence-electron chi connectivity index (χ4n) is 15.0. The van der Waals surface area contributed by atoms with E-state index < -0.39 is 18.3 Å². The third-order valence-corrected chi connectivity index (χ3v) is 18.9. The van der Waals surface area contributed by atoms with Crippen molar-refractivity contribution in [3.63, 3.8) is 0 Å². The fraction of sp³-hybridized carbons (Fsp3) is 0.931. The molecule has 6 aliphatic rings. The lowest BCUT2D eigenvalue weighted by Crippen LogP contribution is -2.49. The van der Waals surface area contributed by atoms with E-state index in [4.69, 9.17) is 23.7 Å². The van der Waals surface area contributed by atoms with Gasteiger partial charge in [-0.25, -0.2) is 0 Å². The highest BCUT2D eigenvalue weighted by molar-refractivity contribution is 5.71. The van der Waals surface area contributed by atoms with Crippen LogP contribution in [-0.2, 0) is 42.9 Å². The Bertz CT molecular complexity index is 1370. The number of carbonyl (C=O) groups is 4. The van der Waals surface area contributed by atoms with Crippen molar-refractivity contribution in [2.45, 2.75) is 232 Å². The summed E-state index contributed by atoms with van der Waals surface area (Å²) in [7, 11) is 4.02. The topological polar surface area (TPSA) is 118 Å². The van der Waals surface area contributed by atoms with E-state index in [0.29, 0.717) is 73.2 Å². The van der Waals surface area contributed by atoms with E-state index in [2.05, 4.69) is 32.6 Å². The van der Waals surface area contributed by atoms with Gasteiger partial charge in [0.1, 0.15) is 19.3 Å². The molecular formula is C58H99NO9. The monoisotopic (exact) mass is 954 g/mol. The molecule has 0 aromatic carbocycles. The van der Waals surface area contributed by atoms with Crippen LogP contribution in [-0.4, -0.2) is 87.5 Å². The van der Waals surface area contributed by atoms with E-state index in [0.717, 1.165) is 107 Å². The second-order valence-electron chi connectivity index (χ2n) is 23.7. The first kappa shape index (κ1) is 55.1. The maximum absolute atomic E-state index is 14.1. The van der Waals surface area contributed by atoms with E-state index in [9.17, 15) is 19.2 Å². The highest BCUT2D eigenvalue weighted by atomic mass is 16.6. The van der Waals surface area contributed by atoms with Crippen molar-refractivity contribution in [3.05, 3.63) is 0 Å². The molecule has 0 aliphatic heterocycles. The molecule has 0 bridgehead atoms. The lowest BCUT2D eigenvalue weighted by atomic mass is 9.82. The molecule has 0 saturated heterocycles. The normalized spacial score (nSPS) is 32.6. The van der Waals surface area contributed by atoms with Crippen molar-refractivity contribution in [1.29, 1.82) is 0 Å². The number of nitrogens with zero attached hydrogens (tertiary/aromatic N) is 1. The van der Waals surface area contributed by atoms with Gasteiger partial charge in [-0.2, -0.15) is 0 Å². The van der Waals surface area contributed by atoms with Crippen LogP contribution >= 0.6 is 0 Å². The number of esters is 4. The summed E-state index contributed by atoms with van der Waals surface area (Å²) in [5.41, 5.74) is 0. The Labute approximate surface area is 413 Å². The SMILES string of the molecule is CCC1CC(CCC(=O)OC(COC(=O)CCC2CC3CCCCC3C2)C(OCCCN(C)C)C(COC(=O)CCC2CC3CCCCC3C2)OC(=O)CCC2CC(CC)C(CC)C2)CC1CC. The van der Waals surface area contributed by atoms with E-state index in [1.165, 1.54) is 77.0 Å². The van der Waals surface area contributed by atoms with Gasteiger partial charge in [0.25, 0.3) is 0 Å². The molecular weight excluding hydrogens is 855 g/mol. The summed E-state index contributed by atoms with van der Waals surface area (Å²) in [4.78, 5) is 57.5. The average Bonchev–Trinajstić information content (AvgIpc) is 4.15. The van der Waals surface area contributed by atoms with Gasteiger partial charge in [-0.3, -0.25) is 19.2 Å². The molecule has 0 radical (unpaired) electrons. The molecule has 390 valence electrons. The number of hydrogen-bond acceptors (Lipinski definition) is 10. The van der Waals surface area contributed by atoms with Crippen molar-refractivity contribution in [3.8, 4) is 0 Å². The molecule has 6 fully saturated rings. The Morgan fingerprint density at radius 3 is 1.12 bits per heavy atom. The maximum atomic E-state index is 14.1. The molecule has 0 spiro atoms. The highest BCUT2D eigenvalue weighted by Crippen LogP contribution is 2.48. The molecule has 0 amide bonds. The summed E-state index contributed by atoms with van der Waals surface area (Å²) in [6.45, 7) is 9.70. The predicted molar refractivity (Wildman–Crippen MR) is 268 cm³/mol. The number of ether oxygens (including phenoxy) is 5. The van der Waals surface area contributed by atoms with Crippen molar-refractivity contribution in [2.75, 3.05) is 40.5 Å². The fourth-order valence-corrected chi connectivity index (χ4v) is 15.0. The van der Waals surface area contributed by atoms with Crippen molar-refractivity contribution in [1.82, 2.24) is 4.90 Å². The highest BCUT2D eigenvalue weighted by Gasteiger charge is 2.41. The van der Waals surface area contributed by atoms with Crippen molar-refractivity contribution < 1.29 is 42.9 Å². The lowest BCUT2D eigenvalue weighted by molar-refractivity contribution is -0.193. The largest absolute Gasteiger partial charge is 0.462 e.